The van der Waals surface area contributed by atoms with Crippen molar-refractivity contribution in [3.63, 3.8) is 0 Å². The third-order valence-corrected chi connectivity index (χ3v) is 5.36. The van der Waals surface area contributed by atoms with Gasteiger partial charge in [-0.3, -0.25) is 9.59 Å². The molecule has 0 aromatic heterocycles. The molecule has 150 valence electrons. The molecule has 7 nitrogen and oxygen atoms in total. The van der Waals surface area contributed by atoms with Gasteiger partial charge in [0, 0.05) is 12.1 Å². The summed E-state index contributed by atoms with van der Waals surface area (Å²) in [6, 6.07) is 15.0. The Balaban J connectivity index is 1.55. The summed E-state index contributed by atoms with van der Waals surface area (Å²) in [4.78, 5) is 24.5. The van der Waals surface area contributed by atoms with Crippen LogP contribution in [0, 0.1) is 0 Å². The number of hydrogen-bond donors (Lipinski definition) is 2. The van der Waals surface area contributed by atoms with Gasteiger partial charge in [-0.2, -0.15) is 5.10 Å². The molecule has 29 heavy (non-hydrogen) atoms. The van der Waals surface area contributed by atoms with Gasteiger partial charge < -0.3 is 15.4 Å². The fraction of sp³-hybridized carbons (Fsp3) is 0.238. The summed E-state index contributed by atoms with van der Waals surface area (Å²) in [7, 11) is 1.61. The number of hydrogen-bond acceptors (Lipinski definition) is 6. The number of nitrogens with zero attached hydrogens (tertiary/aromatic N) is 2. The van der Waals surface area contributed by atoms with Crippen molar-refractivity contribution in [2.75, 3.05) is 12.4 Å². The summed E-state index contributed by atoms with van der Waals surface area (Å²) < 4.78 is 5.10. The number of anilines is 1. The van der Waals surface area contributed by atoms with Crippen LogP contribution in [0.25, 0.3) is 0 Å². The summed E-state index contributed by atoms with van der Waals surface area (Å²) in [6.45, 7) is 2.03. The van der Waals surface area contributed by atoms with E-state index < -0.39 is 5.25 Å². The van der Waals surface area contributed by atoms with E-state index in [9.17, 15) is 9.59 Å². The Labute approximate surface area is 173 Å². The molecule has 8 heteroatoms. The van der Waals surface area contributed by atoms with Crippen LogP contribution in [0.1, 0.15) is 24.5 Å². The van der Waals surface area contributed by atoms with E-state index in [4.69, 9.17) is 4.74 Å². The highest BCUT2D eigenvalue weighted by Crippen LogP contribution is 2.24. The molecule has 1 atom stereocenters. The summed E-state index contributed by atoms with van der Waals surface area (Å²) in [5.41, 5.74) is 2.69. The molecule has 0 bridgehead atoms. The van der Waals surface area contributed by atoms with Gasteiger partial charge in [0.05, 0.1) is 13.3 Å². The van der Waals surface area contributed by atoms with Crippen LogP contribution in [0.2, 0.25) is 0 Å². The summed E-state index contributed by atoms with van der Waals surface area (Å²) >= 11 is 1.20. The third-order valence-electron chi connectivity index (χ3n) is 4.29. The number of carbonyl (C=O) groups excluding carboxylic acids is 2. The number of para-hydroxylation sites is 1. The molecule has 0 radical (unpaired) electrons. The highest BCUT2D eigenvalue weighted by atomic mass is 32.2. The van der Waals surface area contributed by atoms with Gasteiger partial charge in [0.15, 0.2) is 5.17 Å². The first-order chi connectivity index (χ1) is 14.1. The van der Waals surface area contributed by atoms with Crippen LogP contribution < -0.4 is 15.4 Å². The van der Waals surface area contributed by atoms with Crippen molar-refractivity contribution in [3.8, 4) is 5.75 Å². The third kappa shape index (κ3) is 5.68. The van der Waals surface area contributed by atoms with E-state index in [1.165, 1.54) is 11.8 Å². The molecule has 0 spiro atoms. The SMILES string of the molecule is CCc1ccccc1NC(=O)CC1S/C(=N/N=C/c2ccc(OC)cc2)NC1=O. The number of carbonyl (C=O) groups is 2. The molecule has 0 aliphatic carbocycles. The number of methoxy groups -OCH3 is 1. The molecule has 2 amide bonds. The molecule has 1 unspecified atom stereocenters. The minimum absolute atomic E-state index is 0.0652. The molecule has 1 aliphatic rings. The predicted molar refractivity (Wildman–Crippen MR) is 117 cm³/mol. The van der Waals surface area contributed by atoms with Gasteiger partial charge in [-0.15, -0.1) is 5.10 Å². The van der Waals surface area contributed by atoms with Gasteiger partial charge in [0.2, 0.25) is 11.8 Å². The largest absolute Gasteiger partial charge is 0.497 e. The number of amides is 2. The Morgan fingerprint density at radius 3 is 2.72 bits per heavy atom. The van der Waals surface area contributed by atoms with E-state index in [-0.39, 0.29) is 18.2 Å². The lowest BCUT2D eigenvalue weighted by Gasteiger charge is -2.10. The van der Waals surface area contributed by atoms with Gasteiger partial charge in [0.1, 0.15) is 11.0 Å². The molecule has 1 aliphatic heterocycles. The second kappa shape index (κ2) is 9.88. The van der Waals surface area contributed by atoms with Crippen molar-refractivity contribution in [1.82, 2.24) is 5.32 Å². The Hall–Kier alpha value is -3.13. The zero-order valence-electron chi connectivity index (χ0n) is 16.2. The summed E-state index contributed by atoms with van der Waals surface area (Å²) in [5.74, 6) is 0.309. The Morgan fingerprint density at radius 1 is 1.24 bits per heavy atom. The lowest BCUT2D eigenvalue weighted by Crippen LogP contribution is -2.28. The average Bonchev–Trinajstić information content (AvgIpc) is 3.07. The standard InChI is InChI=1S/C21H22N4O3S/c1-3-15-6-4-5-7-17(15)23-19(26)12-18-20(27)24-21(29-18)25-22-13-14-8-10-16(28-2)11-9-14/h4-11,13,18H,3,12H2,1-2H3,(H,23,26)(H,24,25,27)/b22-13+. The Bertz CT molecular complexity index is 941. The molecule has 2 aromatic carbocycles. The van der Waals surface area contributed by atoms with Crippen LogP contribution >= 0.6 is 11.8 Å². The van der Waals surface area contributed by atoms with E-state index in [2.05, 4.69) is 20.8 Å². The maximum Gasteiger partial charge on any atom is 0.240 e. The Morgan fingerprint density at radius 2 is 2.00 bits per heavy atom. The second-order valence-electron chi connectivity index (χ2n) is 6.28. The van der Waals surface area contributed by atoms with Crippen LogP contribution in [0.5, 0.6) is 5.75 Å². The van der Waals surface area contributed by atoms with Crippen molar-refractivity contribution in [1.29, 1.82) is 0 Å². The van der Waals surface area contributed by atoms with Gasteiger partial charge in [-0.1, -0.05) is 36.9 Å². The minimum atomic E-state index is -0.529. The smallest absolute Gasteiger partial charge is 0.240 e. The lowest BCUT2D eigenvalue weighted by molar-refractivity contribution is -0.122. The number of benzene rings is 2. The number of ether oxygens (including phenoxy) is 1. The zero-order valence-corrected chi connectivity index (χ0v) is 17.0. The number of aryl methyl sites for hydroxylation is 1. The van der Waals surface area contributed by atoms with E-state index in [1.807, 2.05) is 55.5 Å². The van der Waals surface area contributed by atoms with Gasteiger partial charge in [-0.25, -0.2) is 0 Å². The highest BCUT2D eigenvalue weighted by Gasteiger charge is 2.32. The van der Waals surface area contributed by atoms with Crippen molar-refractivity contribution in [3.05, 3.63) is 59.7 Å². The maximum atomic E-state index is 12.4. The number of nitrogens with one attached hydrogen (secondary N) is 2. The van der Waals surface area contributed by atoms with E-state index in [0.29, 0.717) is 5.17 Å². The summed E-state index contributed by atoms with van der Waals surface area (Å²) in [5, 5.41) is 13.4. The quantitative estimate of drug-likeness (QED) is 0.542. The monoisotopic (exact) mass is 410 g/mol. The van der Waals surface area contributed by atoms with E-state index in [0.717, 1.165) is 29.0 Å². The molecule has 1 fully saturated rings. The van der Waals surface area contributed by atoms with Gasteiger partial charge in [-0.05, 0) is 47.9 Å². The van der Waals surface area contributed by atoms with Crippen molar-refractivity contribution in [2.24, 2.45) is 10.2 Å². The average molecular weight is 410 g/mol. The first-order valence-corrected chi connectivity index (χ1v) is 10.1. The zero-order chi connectivity index (χ0) is 20.6. The lowest BCUT2D eigenvalue weighted by atomic mass is 10.1. The first kappa shape index (κ1) is 20.6. The fourth-order valence-electron chi connectivity index (χ4n) is 2.74. The van der Waals surface area contributed by atoms with Crippen LogP contribution in [-0.4, -0.2) is 35.6 Å². The molecular formula is C21H22N4O3S. The van der Waals surface area contributed by atoms with E-state index >= 15 is 0 Å². The molecular weight excluding hydrogens is 388 g/mol. The molecule has 1 saturated heterocycles. The van der Waals surface area contributed by atoms with Crippen LogP contribution in [0.15, 0.2) is 58.7 Å². The fourth-order valence-corrected chi connectivity index (χ4v) is 3.67. The van der Waals surface area contributed by atoms with Crippen LogP contribution in [0.4, 0.5) is 5.69 Å². The molecule has 0 saturated carbocycles. The molecule has 2 N–H and O–H groups in total. The second-order valence-corrected chi connectivity index (χ2v) is 7.47. The maximum absolute atomic E-state index is 12.4. The number of rotatable bonds is 7. The molecule has 1 heterocycles. The van der Waals surface area contributed by atoms with Crippen molar-refractivity contribution < 1.29 is 14.3 Å². The first-order valence-electron chi connectivity index (χ1n) is 9.19. The predicted octanol–water partition coefficient (Wildman–Crippen LogP) is 3.21. The van der Waals surface area contributed by atoms with Crippen molar-refractivity contribution in [2.45, 2.75) is 25.0 Å². The number of amidine groups is 1. The van der Waals surface area contributed by atoms with Crippen LogP contribution in [-0.2, 0) is 16.0 Å². The normalized spacial score (nSPS) is 17.5. The highest BCUT2D eigenvalue weighted by molar-refractivity contribution is 8.15. The van der Waals surface area contributed by atoms with Crippen molar-refractivity contribution >= 4 is 40.6 Å². The van der Waals surface area contributed by atoms with E-state index in [1.54, 1.807) is 13.3 Å². The van der Waals surface area contributed by atoms with Gasteiger partial charge in [0.25, 0.3) is 0 Å². The molecule has 2 aromatic rings. The molecule has 3 rings (SSSR count). The minimum Gasteiger partial charge on any atom is -0.497 e. The van der Waals surface area contributed by atoms with Crippen LogP contribution in [0.3, 0.4) is 0 Å². The topological polar surface area (TPSA) is 92.2 Å². The van der Waals surface area contributed by atoms with Gasteiger partial charge >= 0.3 is 0 Å². The number of thioether (sulfide) groups is 1. The summed E-state index contributed by atoms with van der Waals surface area (Å²) in [6.07, 6.45) is 2.47. The Kier molecular flexibility index (Phi) is 7.02.